The number of hydrogen-bond donors (Lipinski definition) is 4. The van der Waals surface area contributed by atoms with Gasteiger partial charge in [0.1, 0.15) is 11.6 Å². The van der Waals surface area contributed by atoms with Crippen molar-refractivity contribution >= 4 is 83.5 Å². The van der Waals surface area contributed by atoms with E-state index in [-0.39, 0.29) is 0 Å². The molecule has 4 aromatic carbocycles. The highest BCUT2D eigenvalue weighted by Gasteiger charge is 2.19. The van der Waals surface area contributed by atoms with Crippen molar-refractivity contribution in [1.29, 1.82) is 0 Å². The topological polar surface area (TPSA) is 199 Å². The summed E-state index contributed by atoms with van der Waals surface area (Å²) in [4.78, 5) is 27.1. The van der Waals surface area contributed by atoms with Gasteiger partial charge in [-0.25, -0.2) is 23.4 Å². The Bertz CT molecular complexity index is 2950. The summed E-state index contributed by atoms with van der Waals surface area (Å²) in [6, 6.07) is 29.3. The van der Waals surface area contributed by atoms with E-state index in [1.807, 2.05) is 78.6 Å². The summed E-state index contributed by atoms with van der Waals surface area (Å²) in [5.41, 5.74) is 8.39. The van der Waals surface area contributed by atoms with Gasteiger partial charge in [-0.3, -0.25) is 14.9 Å². The number of aromatic amines is 2. The lowest BCUT2D eigenvalue weighted by Gasteiger charge is -2.33. The number of nitrogens with one attached hydrogen (secondary N) is 4. The van der Waals surface area contributed by atoms with Gasteiger partial charge in [0, 0.05) is 91.8 Å². The predicted molar refractivity (Wildman–Crippen MR) is 252 cm³/mol. The van der Waals surface area contributed by atoms with Crippen LogP contribution in [0.15, 0.2) is 116 Å². The second-order valence-corrected chi connectivity index (χ2v) is 17.1. The number of nitrogens with zero attached hydrogens (tertiary/aromatic N) is 10. The molecular formula is C45H48N14O4S. The van der Waals surface area contributed by atoms with E-state index in [9.17, 15) is 8.42 Å². The van der Waals surface area contributed by atoms with Crippen LogP contribution in [0.2, 0.25) is 0 Å². The second-order valence-electron chi connectivity index (χ2n) is 15.3. The van der Waals surface area contributed by atoms with Gasteiger partial charge in [0.25, 0.3) is 0 Å². The molecule has 64 heavy (non-hydrogen) atoms. The number of anilines is 9. The monoisotopic (exact) mass is 880 g/mol. The number of H-pyrrole nitrogens is 2. The predicted octanol–water partition coefficient (Wildman–Crippen LogP) is 6.70. The molecule has 4 aromatic heterocycles. The summed E-state index contributed by atoms with van der Waals surface area (Å²) in [6.07, 6.45) is 8.20. The van der Waals surface area contributed by atoms with Gasteiger partial charge in [0.15, 0.2) is 5.82 Å². The minimum Gasteiger partial charge on any atom is -0.378 e. The quantitative estimate of drug-likeness (QED) is 0.107. The number of ether oxygens (including phenoxy) is 2. The van der Waals surface area contributed by atoms with E-state index < -0.39 is 10.0 Å². The molecule has 0 aliphatic carbocycles. The molecular weight excluding hydrogens is 833 g/mol. The van der Waals surface area contributed by atoms with Gasteiger partial charge in [0.2, 0.25) is 16.0 Å². The van der Waals surface area contributed by atoms with Crippen LogP contribution in [-0.2, 0) is 19.5 Å². The zero-order valence-electron chi connectivity index (χ0n) is 35.6. The van der Waals surface area contributed by atoms with E-state index in [4.69, 9.17) is 14.5 Å². The second kappa shape index (κ2) is 18.6. The minimum atomic E-state index is -3.36. The molecule has 2 saturated heterocycles. The van der Waals surface area contributed by atoms with E-state index in [0.29, 0.717) is 28.8 Å². The lowest BCUT2D eigenvalue weighted by atomic mass is 10.2. The Morgan fingerprint density at radius 3 is 1.77 bits per heavy atom. The van der Waals surface area contributed by atoms with Crippen LogP contribution in [0.25, 0.3) is 33.2 Å². The molecule has 4 N–H and O–H groups in total. The molecule has 0 radical (unpaired) electrons. The van der Waals surface area contributed by atoms with Gasteiger partial charge in [-0.15, -0.1) is 0 Å². The van der Waals surface area contributed by atoms with Crippen LogP contribution < -0.4 is 29.6 Å². The highest BCUT2D eigenvalue weighted by atomic mass is 32.2. The first-order chi connectivity index (χ1) is 31.1. The minimum absolute atomic E-state index is 0.463. The number of hydrogen-bond acceptors (Lipinski definition) is 15. The molecule has 0 saturated carbocycles. The van der Waals surface area contributed by atoms with E-state index in [1.54, 1.807) is 36.8 Å². The zero-order chi connectivity index (χ0) is 44.0. The number of benzene rings is 4. The van der Waals surface area contributed by atoms with Crippen molar-refractivity contribution in [2.24, 2.45) is 0 Å². The van der Waals surface area contributed by atoms with Crippen LogP contribution in [0.1, 0.15) is 0 Å². The van der Waals surface area contributed by atoms with Crippen molar-refractivity contribution in [3.05, 3.63) is 116 Å². The molecule has 8 aromatic rings. The molecule has 0 spiro atoms. The van der Waals surface area contributed by atoms with Crippen LogP contribution >= 0.6 is 0 Å². The fourth-order valence-corrected chi connectivity index (χ4v) is 8.30. The fraction of sp³-hybridized carbons (Fsp3) is 0.244. The molecule has 2 aliphatic rings. The number of aromatic nitrogens is 8. The van der Waals surface area contributed by atoms with Gasteiger partial charge in [0.05, 0.1) is 67.5 Å². The number of morpholine rings is 2. The lowest BCUT2D eigenvalue weighted by Crippen LogP contribution is -2.38. The number of sulfonamides is 1. The van der Waals surface area contributed by atoms with Gasteiger partial charge >= 0.3 is 0 Å². The Morgan fingerprint density at radius 2 is 1.19 bits per heavy atom. The van der Waals surface area contributed by atoms with E-state index in [2.05, 4.69) is 79.5 Å². The first-order valence-corrected chi connectivity index (χ1v) is 22.7. The van der Waals surface area contributed by atoms with Crippen molar-refractivity contribution in [1.82, 2.24) is 40.3 Å². The Kier molecular flexibility index (Phi) is 12.2. The summed E-state index contributed by atoms with van der Waals surface area (Å²) >= 11 is 0. The third-order valence-electron chi connectivity index (χ3n) is 11.0. The van der Waals surface area contributed by atoms with Gasteiger partial charge in [-0.1, -0.05) is 24.3 Å². The Morgan fingerprint density at radius 1 is 0.641 bits per heavy atom. The normalized spacial score (nSPS) is 14.2. The SMILES string of the molecule is CN(c1ccnc(-c2cccc(NS(C)(=O)=O)c2)n1)c1cccc2[nH]ncc12.CN(c1ccnc(Nc2cc(N3CCOCC3)cc(N3CCOCC3)c2)n1)c1cccc2[nH]ncc12. The molecule has 10 rings (SSSR count). The van der Waals surface area contributed by atoms with E-state index in [0.717, 1.165) is 104 Å². The average molecular weight is 881 g/mol. The molecule has 0 atom stereocenters. The van der Waals surface area contributed by atoms with Crippen molar-refractivity contribution in [3.63, 3.8) is 0 Å². The van der Waals surface area contributed by atoms with Crippen LogP contribution in [0.5, 0.6) is 0 Å². The summed E-state index contributed by atoms with van der Waals surface area (Å²) in [6.45, 7) is 6.48. The Balaban J connectivity index is 0.000000167. The van der Waals surface area contributed by atoms with Crippen LogP contribution in [0, 0.1) is 0 Å². The van der Waals surface area contributed by atoms with E-state index in [1.165, 1.54) is 11.4 Å². The van der Waals surface area contributed by atoms with Crippen molar-refractivity contribution in [3.8, 4) is 11.4 Å². The third-order valence-corrected chi connectivity index (χ3v) is 11.6. The molecule has 0 bridgehead atoms. The highest BCUT2D eigenvalue weighted by Crippen LogP contribution is 2.34. The van der Waals surface area contributed by atoms with Crippen molar-refractivity contribution < 1.29 is 17.9 Å². The molecule has 18 nitrogen and oxygen atoms in total. The van der Waals surface area contributed by atoms with E-state index >= 15 is 0 Å². The molecule has 19 heteroatoms. The Hall–Kier alpha value is -7.35. The molecule has 328 valence electrons. The maximum Gasteiger partial charge on any atom is 0.229 e. The summed E-state index contributed by atoms with van der Waals surface area (Å²) in [7, 11) is 0.573. The number of fused-ring (bicyclic) bond motifs is 2. The molecule has 0 amide bonds. The van der Waals surface area contributed by atoms with Gasteiger partial charge < -0.3 is 34.4 Å². The third kappa shape index (κ3) is 9.65. The van der Waals surface area contributed by atoms with Crippen molar-refractivity contribution in [2.75, 3.05) is 103 Å². The summed E-state index contributed by atoms with van der Waals surface area (Å²) in [5.74, 6) is 2.55. The standard InChI is InChI=1S/C26H30N8O2.C19H18N6O2S/c1-32(24-4-2-3-23-22(24)18-28-31-23)25-5-6-27-26(30-25)29-19-15-20(33-7-11-35-12-8-33)17-21(16-19)34-9-13-36-14-10-34;1-25(17-8-4-7-16-15(17)12-21-23-16)18-9-10-20-19(22-18)13-5-3-6-14(11-13)24-28(2,26)27/h2-6,15-18H,7-14H2,1H3,(H,28,31)(H,27,29,30);3-12,24H,1-2H3,(H,21,23). The summed E-state index contributed by atoms with van der Waals surface area (Å²) in [5, 5.41) is 19.8. The van der Waals surface area contributed by atoms with Crippen LogP contribution in [0.3, 0.4) is 0 Å². The van der Waals surface area contributed by atoms with Crippen molar-refractivity contribution in [2.45, 2.75) is 0 Å². The van der Waals surface area contributed by atoms with Crippen LogP contribution in [0.4, 0.5) is 51.7 Å². The zero-order valence-corrected chi connectivity index (χ0v) is 36.5. The fourth-order valence-electron chi connectivity index (χ4n) is 7.75. The van der Waals surface area contributed by atoms with Crippen LogP contribution in [-0.4, -0.2) is 122 Å². The number of rotatable bonds is 11. The maximum atomic E-state index is 11.5. The maximum absolute atomic E-state index is 11.5. The largest absolute Gasteiger partial charge is 0.378 e. The highest BCUT2D eigenvalue weighted by molar-refractivity contribution is 7.92. The van der Waals surface area contributed by atoms with Gasteiger partial charge in [-0.05, 0) is 66.7 Å². The molecule has 2 aliphatic heterocycles. The molecule has 6 heterocycles. The molecule has 0 unspecified atom stereocenters. The Labute approximate surface area is 370 Å². The lowest BCUT2D eigenvalue weighted by molar-refractivity contribution is 0.122. The first kappa shape index (κ1) is 42.0. The van der Waals surface area contributed by atoms with Gasteiger partial charge in [-0.2, -0.15) is 15.2 Å². The first-order valence-electron chi connectivity index (χ1n) is 20.8. The smallest absolute Gasteiger partial charge is 0.229 e. The molecule has 2 fully saturated rings. The summed E-state index contributed by atoms with van der Waals surface area (Å²) < 4.78 is 36.6. The average Bonchev–Trinajstić information content (AvgIpc) is 4.02.